The zero-order chi connectivity index (χ0) is 74.9. The molecule has 584 valence electrons. The van der Waals surface area contributed by atoms with Gasteiger partial charge in [0, 0.05) is 55.5 Å². The first-order chi connectivity index (χ1) is 52.5. The van der Waals surface area contributed by atoms with E-state index in [1.165, 1.54) is 102 Å². The Balaban J connectivity index is 0.000000116. The SMILES string of the molecule is CC1(C)O[C@@H]2[C@H](O1)[C@@H](CO)O[C@H]2n1ncc2c(N3CC4(CCCCC4)C3)nc(Cl)nc21.CC1(C)O[C@@H]2[C@H](O1)[C@@H](COc1cccc(CO)c1)O[C@H]2n1ncc2c(N3CC4(CCCCC4)C3)nc(Cl)nc21.CCc1cccc(OC[C@H]2O[C@@H](n3ncc4c(N5CC6(CCCCC6)C5)nc(Cl)nc43)[C@@H]3OC(C)(C)O[C@@H]32)c1. The number of aliphatic hydroxyl groups excluding tert-OH is 2. The number of ether oxygens (including phenoxy) is 11. The molecule has 8 aromatic rings. The number of fused-ring (bicyclic) bond motifs is 6. The lowest BCUT2D eigenvalue weighted by Crippen LogP contribution is -2.57. The van der Waals surface area contributed by atoms with E-state index in [0.717, 1.165) is 90.6 Å². The van der Waals surface area contributed by atoms with Gasteiger partial charge in [0.1, 0.15) is 97.1 Å². The second-order valence-corrected chi connectivity index (χ2v) is 34.7. The Morgan fingerprint density at radius 1 is 0.422 bits per heavy atom. The minimum atomic E-state index is -0.779. The van der Waals surface area contributed by atoms with Crippen LogP contribution in [0.2, 0.25) is 15.9 Å². The molecule has 9 saturated heterocycles. The van der Waals surface area contributed by atoms with E-state index in [2.05, 4.69) is 68.8 Å². The average molecular weight is 1560 g/mol. The summed E-state index contributed by atoms with van der Waals surface area (Å²) in [5.41, 5.74) is 5.12. The zero-order valence-corrected chi connectivity index (χ0v) is 65.2. The molecule has 31 heteroatoms. The van der Waals surface area contributed by atoms with E-state index in [4.69, 9.17) is 97.1 Å². The summed E-state index contributed by atoms with van der Waals surface area (Å²) in [4.78, 5) is 34.4. The molecule has 28 nitrogen and oxygen atoms in total. The Bertz CT molecular complexity index is 4430. The molecule has 9 aliphatic heterocycles. The van der Waals surface area contributed by atoms with Gasteiger partial charge in [0.25, 0.3) is 0 Å². The van der Waals surface area contributed by atoms with E-state index in [0.29, 0.717) is 45.5 Å². The Labute approximate surface area is 647 Å². The molecule has 0 bridgehead atoms. The largest absolute Gasteiger partial charge is 0.491 e. The van der Waals surface area contributed by atoms with Gasteiger partial charge in [-0.25, -0.2) is 14.0 Å². The molecule has 12 atom stereocenters. The minimum absolute atomic E-state index is 0.0494. The number of aliphatic hydroxyl groups is 2. The van der Waals surface area contributed by atoms with Crippen LogP contribution in [-0.2, 0) is 55.7 Å². The molecule has 0 radical (unpaired) electrons. The van der Waals surface area contributed by atoms with Gasteiger partial charge in [-0.3, -0.25) is 0 Å². The number of hydrogen-bond donors (Lipinski definition) is 2. The molecular weight excluding hydrogens is 1460 g/mol. The quantitative estimate of drug-likeness (QED) is 0.0902. The standard InChI is InChI=1S/C29H36ClN5O4.C28H34ClN5O5.C21H28ClN5O4/c1-4-18-9-8-10-19(13-18)36-15-21-22-23(39-28(2,3)38-22)26(37-21)35-25-20(14-31-35)24(32-27(30)33-25)34-16-29(17-34)11-6-5-7-12-29;1-27(2)38-21-20(14-36-18-8-6-7-17(11-18)13-35)37-25(22(21)39-27)34-24-19(12-30-34)23(31-26(29)32-24)33-15-28(16-33)9-4-3-5-10-28;1-20(2)30-14-13(9-28)29-18(15(14)31-20)27-17-12(8-23-27)16(24-19(22)25-17)26-10-21(11-26)6-4-3-5-7-21/h8-10,13-14,21-23,26H,4-7,11-12,15-17H2,1-3H3;6-8,11-12,20-22,25,35H,3-5,9-10,13-16H2,1-2H3;8,13-15,18,28H,3-7,9-11H2,1-2H3/t21-,22-,23-,26-;20-,21-,22-,25-;13-,14-,15-,18-/m111/s1. The van der Waals surface area contributed by atoms with Crippen LogP contribution in [0.25, 0.3) is 33.1 Å². The van der Waals surface area contributed by atoms with E-state index in [9.17, 15) is 10.2 Å². The van der Waals surface area contributed by atoms with Gasteiger partial charge in [-0.15, -0.1) is 0 Å². The molecular formula is C78H98Cl3N15O13. The lowest BCUT2D eigenvalue weighted by atomic mass is 9.68. The number of aryl methyl sites for hydroxylation is 1. The van der Waals surface area contributed by atoms with Gasteiger partial charge in [0.15, 0.2) is 53.0 Å². The Morgan fingerprint density at radius 2 is 0.743 bits per heavy atom. The molecule has 15 heterocycles. The highest BCUT2D eigenvalue weighted by Gasteiger charge is 2.60. The molecule has 2 aromatic carbocycles. The Hall–Kier alpha value is -6.48. The fourth-order valence-electron chi connectivity index (χ4n) is 19.5. The van der Waals surface area contributed by atoms with E-state index in [-0.39, 0.29) is 66.2 Å². The van der Waals surface area contributed by atoms with Gasteiger partial charge >= 0.3 is 0 Å². The van der Waals surface area contributed by atoms with Gasteiger partial charge in [0.05, 0.1) is 48.0 Å². The Kier molecular flexibility index (Phi) is 19.6. The van der Waals surface area contributed by atoms with Crippen LogP contribution in [0.4, 0.5) is 17.5 Å². The summed E-state index contributed by atoms with van der Waals surface area (Å²) in [6, 6.07) is 15.5. The highest BCUT2D eigenvalue weighted by Crippen LogP contribution is 2.53. The minimum Gasteiger partial charge on any atom is -0.491 e. The normalized spacial score (nSPS) is 30.4. The summed E-state index contributed by atoms with van der Waals surface area (Å²) in [5.74, 6) is 1.70. The molecule has 109 heavy (non-hydrogen) atoms. The maximum atomic E-state index is 9.79. The summed E-state index contributed by atoms with van der Waals surface area (Å²) in [6.45, 7) is 19.9. The lowest BCUT2D eigenvalue weighted by molar-refractivity contribution is -0.201. The summed E-state index contributed by atoms with van der Waals surface area (Å²) in [7, 11) is 0. The van der Waals surface area contributed by atoms with Crippen LogP contribution in [-0.4, -0.2) is 201 Å². The average Bonchev–Trinajstić information content (AvgIpc) is 1.61. The zero-order valence-electron chi connectivity index (χ0n) is 62.9. The van der Waals surface area contributed by atoms with E-state index >= 15 is 0 Å². The number of aromatic nitrogens is 12. The molecule has 2 N–H and O–H groups in total. The van der Waals surface area contributed by atoms with Gasteiger partial charge in [-0.1, -0.05) is 89.0 Å². The molecule has 3 aliphatic carbocycles. The van der Waals surface area contributed by atoms with E-state index in [1.807, 2.05) is 84.1 Å². The topological polar surface area (TPSA) is 283 Å². The van der Waals surface area contributed by atoms with Crippen molar-refractivity contribution in [2.24, 2.45) is 16.2 Å². The maximum Gasteiger partial charge on any atom is 0.226 e. The van der Waals surface area contributed by atoms with Crippen LogP contribution >= 0.6 is 34.8 Å². The van der Waals surface area contributed by atoms with Gasteiger partial charge in [-0.2, -0.15) is 45.2 Å². The number of anilines is 3. The number of halogens is 3. The Morgan fingerprint density at radius 3 is 1.08 bits per heavy atom. The van der Waals surface area contributed by atoms with Crippen molar-refractivity contribution in [2.45, 2.75) is 249 Å². The molecule has 3 saturated carbocycles. The van der Waals surface area contributed by atoms with Crippen LogP contribution in [0.3, 0.4) is 0 Å². The van der Waals surface area contributed by atoms with Gasteiger partial charge in [-0.05, 0) is 157 Å². The fourth-order valence-corrected chi connectivity index (χ4v) is 19.9. The van der Waals surface area contributed by atoms with Crippen molar-refractivity contribution in [3.8, 4) is 11.5 Å². The van der Waals surface area contributed by atoms with E-state index in [1.54, 1.807) is 26.4 Å². The summed E-state index contributed by atoms with van der Waals surface area (Å²) in [6.07, 6.45) is 20.9. The molecule has 12 fully saturated rings. The number of benzene rings is 2. The van der Waals surface area contributed by atoms with Crippen LogP contribution < -0.4 is 24.2 Å². The van der Waals surface area contributed by atoms with Crippen molar-refractivity contribution in [3.05, 3.63) is 94.1 Å². The second-order valence-electron chi connectivity index (χ2n) is 33.7. The van der Waals surface area contributed by atoms with Crippen LogP contribution in [0, 0.1) is 16.2 Å². The summed E-state index contributed by atoms with van der Waals surface area (Å²) >= 11 is 19.3. The highest BCUT2D eigenvalue weighted by atomic mass is 35.5. The van der Waals surface area contributed by atoms with Crippen molar-refractivity contribution in [1.29, 1.82) is 0 Å². The maximum absolute atomic E-state index is 9.79. The smallest absolute Gasteiger partial charge is 0.226 e. The molecule has 6 aromatic heterocycles. The van der Waals surface area contributed by atoms with Crippen LogP contribution in [0.15, 0.2) is 67.1 Å². The fraction of sp³-hybridized carbons (Fsp3) is 0.654. The van der Waals surface area contributed by atoms with Gasteiger partial charge < -0.3 is 77.0 Å². The van der Waals surface area contributed by atoms with Crippen LogP contribution in [0.5, 0.6) is 11.5 Å². The van der Waals surface area contributed by atoms with Crippen molar-refractivity contribution >= 4 is 85.4 Å². The molecule has 12 aliphatic rings. The summed E-state index contributed by atoms with van der Waals surface area (Å²) in [5, 5.41) is 36.4. The third-order valence-corrected chi connectivity index (χ3v) is 25.0. The monoisotopic (exact) mass is 1560 g/mol. The van der Waals surface area contributed by atoms with Crippen molar-refractivity contribution in [2.75, 3.05) is 73.8 Å². The molecule has 20 rings (SSSR count). The predicted molar refractivity (Wildman–Crippen MR) is 404 cm³/mol. The summed E-state index contributed by atoms with van der Waals surface area (Å²) < 4.78 is 73.8. The molecule has 0 unspecified atom stereocenters. The van der Waals surface area contributed by atoms with Crippen molar-refractivity contribution in [3.63, 3.8) is 0 Å². The third kappa shape index (κ3) is 14.2. The molecule has 3 spiro atoms. The third-order valence-electron chi connectivity index (χ3n) is 24.5. The van der Waals surface area contributed by atoms with Gasteiger partial charge in [0.2, 0.25) is 15.9 Å². The first-order valence-corrected chi connectivity index (χ1v) is 40.3. The predicted octanol–water partition coefficient (Wildman–Crippen LogP) is 12.2. The number of rotatable bonds is 15. The van der Waals surface area contributed by atoms with Crippen molar-refractivity contribution < 1.29 is 62.3 Å². The highest BCUT2D eigenvalue weighted by molar-refractivity contribution is 6.29. The lowest BCUT2D eigenvalue weighted by Gasteiger charge is -2.53. The first-order valence-electron chi connectivity index (χ1n) is 39.2. The second kappa shape index (κ2) is 28.9. The molecule has 0 amide bonds. The van der Waals surface area contributed by atoms with Crippen LogP contribution in [0.1, 0.15) is 175 Å². The first kappa shape index (κ1) is 74.0. The number of hydrogen-bond acceptors (Lipinski definition) is 25. The van der Waals surface area contributed by atoms with Crippen molar-refractivity contribution in [1.82, 2.24) is 59.2 Å². The number of nitrogens with zero attached hydrogens (tertiary/aromatic N) is 15. The van der Waals surface area contributed by atoms with E-state index < -0.39 is 60.5 Å².